The molecule has 21 heavy (non-hydrogen) atoms. The van der Waals surface area contributed by atoms with Gasteiger partial charge in [-0.15, -0.1) is 11.3 Å². The number of carboxylic acids is 1. The van der Waals surface area contributed by atoms with Crippen molar-refractivity contribution in [3.05, 3.63) is 52.4 Å². The highest BCUT2D eigenvalue weighted by Gasteiger charge is 2.30. The lowest BCUT2D eigenvalue weighted by atomic mass is 9.73. The third-order valence-corrected chi connectivity index (χ3v) is 5.28. The largest absolute Gasteiger partial charge is 0.478 e. The fourth-order valence-electron chi connectivity index (χ4n) is 2.95. The molecule has 0 saturated carbocycles. The van der Waals surface area contributed by atoms with Crippen LogP contribution in [0.15, 0.2) is 35.7 Å². The molecule has 108 valence electrons. The van der Waals surface area contributed by atoms with E-state index in [4.69, 9.17) is 0 Å². The van der Waals surface area contributed by atoms with Gasteiger partial charge >= 0.3 is 5.97 Å². The van der Waals surface area contributed by atoms with Crippen LogP contribution in [-0.2, 0) is 10.2 Å². The molecule has 1 heterocycles. The monoisotopic (exact) mass is 298 g/mol. The maximum atomic E-state index is 11.5. The van der Waals surface area contributed by atoms with Crippen molar-refractivity contribution in [2.24, 2.45) is 0 Å². The van der Waals surface area contributed by atoms with Crippen LogP contribution in [0.25, 0.3) is 16.0 Å². The summed E-state index contributed by atoms with van der Waals surface area (Å²) in [7, 11) is 0. The fraction of sp³-hybridized carbons (Fsp3) is 0.278. The summed E-state index contributed by atoms with van der Waals surface area (Å²) in [6, 6.07) is 8.34. The Balaban J connectivity index is 2.21. The molecule has 3 rings (SSSR count). The first-order valence-corrected chi connectivity index (χ1v) is 7.91. The van der Waals surface area contributed by atoms with Gasteiger partial charge in [0.1, 0.15) is 0 Å². The lowest BCUT2D eigenvalue weighted by Gasteiger charge is -2.31. The van der Waals surface area contributed by atoms with Gasteiger partial charge in [0, 0.05) is 4.88 Å². The minimum Gasteiger partial charge on any atom is -0.478 e. The van der Waals surface area contributed by atoms with E-state index in [0.717, 1.165) is 23.1 Å². The van der Waals surface area contributed by atoms with E-state index in [0.29, 0.717) is 5.57 Å². The van der Waals surface area contributed by atoms with Gasteiger partial charge in [-0.3, -0.25) is 0 Å². The maximum Gasteiger partial charge on any atom is 0.335 e. The molecule has 0 aliphatic heterocycles. The molecule has 0 atom stereocenters. The minimum absolute atomic E-state index is 0.0166. The van der Waals surface area contributed by atoms with Gasteiger partial charge in [-0.1, -0.05) is 32.1 Å². The number of carbonyl (C=O) groups is 1. The van der Waals surface area contributed by atoms with Crippen molar-refractivity contribution in [3.63, 3.8) is 0 Å². The number of benzene rings is 1. The van der Waals surface area contributed by atoms with E-state index >= 15 is 0 Å². The number of fused-ring (bicyclic) bond motifs is 1. The molecule has 0 radical (unpaired) electrons. The molecule has 2 aromatic rings. The van der Waals surface area contributed by atoms with Crippen LogP contribution in [-0.4, -0.2) is 11.1 Å². The van der Waals surface area contributed by atoms with Crippen LogP contribution in [0.4, 0.5) is 0 Å². The zero-order chi connectivity index (χ0) is 15.2. The number of hydrogen-bond acceptors (Lipinski definition) is 2. The number of aryl methyl sites for hydroxylation is 1. The van der Waals surface area contributed by atoms with Crippen LogP contribution >= 0.6 is 11.3 Å². The van der Waals surface area contributed by atoms with E-state index in [9.17, 15) is 9.90 Å². The Labute approximate surface area is 128 Å². The third kappa shape index (κ3) is 2.32. The first kappa shape index (κ1) is 14.1. The fourth-order valence-corrected chi connectivity index (χ4v) is 3.87. The second-order valence-corrected chi connectivity index (χ2v) is 7.12. The van der Waals surface area contributed by atoms with Gasteiger partial charge in [0.05, 0.1) is 5.57 Å². The van der Waals surface area contributed by atoms with Crippen molar-refractivity contribution < 1.29 is 9.90 Å². The summed E-state index contributed by atoms with van der Waals surface area (Å²) >= 11 is 1.70. The molecule has 1 aromatic heterocycles. The number of thiophene rings is 1. The van der Waals surface area contributed by atoms with Crippen LogP contribution < -0.4 is 0 Å². The highest BCUT2D eigenvalue weighted by Crippen LogP contribution is 2.41. The van der Waals surface area contributed by atoms with E-state index in [1.807, 2.05) is 12.1 Å². The molecule has 0 fully saturated rings. The van der Waals surface area contributed by atoms with E-state index < -0.39 is 5.97 Å². The molecule has 2 nitrogen and oxygen atoms in total. The summed E-state index contributed by atoms with van der Waals surface area (Å²) in [6.45, 7) is 6.41. The maximum absolute atomic E-state index is 11.5. The molecular formula is C18H18O2S. The van der Waals surface area contributed by atoms with E-state index in [-0.39, 0.29) is 5.41 Å². The predicted octanol–water partition coefficient (Wildman–Crippen LogP) is 4.87. The van der Waals surface area contributed by atoms with Crippen molar-refractivity contribution in [3.8, 4) is 10.4 Å². The molecule has 1 aliphatic carbocycles. The SMILES string of the molecule is Cc1ccsc1-c1ccc2c(c1)C(C(=O)O)=CCC2(C)C. The third-order valence-electron chi connectivity index (χ3n) is 4.21. The summed E-state index contributed by atoms with van der Waals surface area (Å²) in [5.74, 6) is -0.841. The molecular weight excluding hydrogens is 280 g/mol. The van der Waals surface area contributed by atoms with Gasteiger partial charge in [0.25, 0.3) is 0 Å². The molecule has 1 aromatic carbocycles. The summed E-state index contributed by atoms with van der Waals surface area (Å²) in [4.78, 5) is 12.7. The Hall–Kier alpha value is -1.87. The lowest BCUT2D eigenvalue weighted by molar-refractivity contribution is -0.130. The zero-order valence-corrected chi connectivity index (χ0v) is 13.3. The summed E-state index contributed by atoms with van der Waals surface area (Å²) in [5, 5.41) is 11.5. The summed E-state index contributed by atoms with van der Waals surface area (Å²) in [6.07, 6.45) is 2.62. The minimum atomic E-state index is -0.841. The van der Waals surface area contributed by atoms with Crippen molar-refractivity contribution in [1.29, 1.82) is 0 Å². The van der Waals surface area contributed by atoms with Crippen LogP contribution in [0.5, 0.6) is 0 Å². The number of carboxylic acid groups (broad SMARTS) is 1. The normalized spacial score (nSPS) is 16.2. The van der Waals surface area contributed by atoms with Crippen LogP contribution in [0.1, 0.15) is 37.0 Å². The van der Waals surface area contributed by atoms with E-state index in [1.54, 1.807) is 11.3 Å². The highest BCUT2D eigenvalue weighted by atomic mass is 32.1. The van der Waals surface area contributed by atoms with Crippen molar-refractivity contribution in [1.82, 2.24) is 0 Å². The van der Waals surface area contributed by atoms with Gasteiger partial charge in [-0.05, 0) is 58.5 Å². The molecule has 0 amide bonds. The Bertz CT molecular complexity index is 750. The zero-order valence-electron chi connectivity index (χ0n) is 12.4. The average Bonchev–Trinajstić information content (AvgIpc) is 2.84. The Morgan fingerprint density at radius 3 is 2.67 bits per heavy atom. The quantitative estimate of drug-likeness (QED) is 0.858. The molecule has 1 aliphatic rings. The summed E-state index contributed by atoms with van der Waals surface area (Å²) < 4.78 is 0. The van der Waals surface area contributed by atoms with Crippen LogP contribution in [0.2, 0.25) is 0 Å². The van der Waals surface area contributed by atoms with E-state index in [2.05, 4.69) is 44.4 Å². The number of aliphatic carboxylic acids is 1. The molecule has 0 bridgehead atoms. The van der Waals surface area contributed by atoms with Crippen LogP contribution in [0, 0.1) is 6.92 Å². The first-order valence-electron chi connectivity index (χ1n) is 7.03. The second kappa shape index (κ2) is 4.85. The lowest BCUT2D eigenvalue weighted by Crippen LogP contribution is -2.23. The van der Waals surface area contributed by atoms with Crippen LogP contribution in [0.3, 0.4) is 0 Å². The number of allylic oxidation sites excluding steroid dienone is 1. The molecule has 3 heteroatoms. The van der Waals surface area contributed by atoms with Gasteiger partial charge in [0.15, 0.2) is 0 Å². The number of hydrogen-bond donors (Lipinski definition) is 1. The smallest absolute Gasteiger partial charge is 0.335 e. The first-order chi connectivity index (χ1) is 9.90. The van der Waals surface area contributed by atoms with Gasteiger partial charge in [-0.25, -0.2) is 4.79 Å². The van der Waals surface area contributed by atoms with Crippen molar-refractivity contribution in [2.45, 2.75) is 32.6 Å². The van der Waals surface area contributed by atoms with Gasteiger partial charge in [0.2, 0.25) is 0 Å². The topological polar surface area (TPSA) is 37.3 Å². The number of rotatable bonds is 2. The standard InChI is InChI=1S/C18H18O2S/c1-11-7-9-21-16(11)12-4-5-15-14(10-12)13(17(19)20)6-8-18(15,2)3/h4-7,9-10H,8H2,1-3H3,(H,19,20). The Morgan fingerprint density at radius 2 is 2.05 bits per heavy atom. The highest BCUT2D eigenvalue weighted by molar-refractivity contribution is 7.13. The van der Waals surface area contributed by atoms with Gasteiger partial charge < -0.3 is 5.11 Å². The average molecular weight is 298 g/mol. The molecule has 0 spiro atoms. The summed E-state index contributed by atoms with van der Waals surface area (Å²) in [5.41, 5.74) is 4.74. The van der Waals surface area contributed by atoms with E-state index in [1.165, 1.54) is 10.4 Å². The van der Waals surface area contributed by atoms with Gasteiger partial charge in [-0.2, -0.15) is 0 Å². The molecule has 0 unspecified atom stereocenters. The van der Waals surface area contributed by atoms with Crippen molar-refractivity contribution >= 4 is 22.9 Å². The Kier molecular flexibility index (Phi) is 3.25. The molecule has 1 N–H and O–H groups in total. The second-order valence-electron chi connectivity index (χ2n) is 6.20. The molecule has 0 saturated heterocycles. The predicted molar refractivity (Wildman–Crippen MR) is 87.7 cm³/mol. The Morgan fingerprint density at radius 1 is 1.29 bits per heavy atom. The van der Waals surface area contributed by atoms with Crippen molar-refractivity contribution in [2.75, 3.05) is 0 Å².